The predicted octanol–water partition coefficient (Wildman–Crippen LogP) is 3.47. The number of rotatable bonds is 3. The van der Waals surface area contributed by atoms with E-state index < -0.39 is 4.92 Å². The topological polar surface area (TPSA) is 69.2 Å². The number of nitrogens with two attached hydrogens (primary N) is 1. The Hall–Kier alpha value is -2.08. The molecule has 0 aliphatic rings. The van der Waals surface area contributed by atoms with E-state index in [1.165, 1.54) is 24.3 Å². The van der Waals surface area contributed by atoms with E-state index in [1.807, 2.05) is 0 Å². The summed E-state index contributed by atoms with van der Waals surface area (Å²) in [6, 6.07) is 10.4. The number of benzene rings is 2. The molecule has 0 saturated heterocycles. The van der Waals surface area contributed by atoms with Crippen molar-refractivity contribution in [3.63, 3.8) is 0 Å². The molecule has 2 rings (SSSR count). The van der Waals surface area contributed by atoms with Gasteiger partial charge in [0.05, 0.1) is 10.6 Å². The van der Waals surface area contributed by atoms with Gasteiger partial charge in [-0.05, 0) is 18.2 Å². The first kappa shape index (κ1) is 12.4. The molecule has 2 aromatic carbocycles. The third kappa shape index (κ3) is 2.60. The molecule has 0 unspecified atom stereocenters. The molecule has 92 valence electrons. The number of non-ortho nitro benzene ring substituents is 1. The molecule has 2 N–H and O–H groups in total. The van der Waals surface area contributed by atoms with Crippen molar-refractivity contribution < 1.29 is 9.31 Å². The second-order valence-corrected chi connectivity index (χ2v) is 4.60. The summed E-state index contributed by atoms with van der Waals surface area (Å²) >= 11 is 1.14. The zero-order valence-electron chi connectivity index (χ0n) is 9.17. The molecule has 0 aliphatic heterocycles. The molecule has 0 amide bonds. The van der Waals surface area contributed by atoms with E-state index >= 15 is 0 Å². The summed E-state index contributed by atoms with van der Waals surface area (Å²) in [5, 5.41) is 10.6. The maximum Gasteiger partial charge on any atom is 0.271 e. The van der Waals surface area contributed by atoms with Gasteiger partial charge in [0.1, 0.15) is 5.82 Å². The normalized spacial score (nSPS) is 10.3. The summed E-state index contributed by atoms with van der Waals surface area (Å²) in [5.41, 5.74) is 5.89. The Morgan fingerprint density at radius 1 is 1.17 bits per heavy atom. The van der Waals surface area contributed by atoms with Gasteiger partial charge in [-0.1, -0.05) is 23.9 Å². The minimum Gasteiger partial charge on any atom is -0.398 e. The van der Waals surface area contributed by atoms with Gasteiger partial charge in [-0.3, -0.25) is 10.1 Å². The van der Waals surface area contributed by atoms with E-state index in [1.54, 1.807) is 18.2 Å². The molecule has 0 aliphatic carbocycles. The van der Waals surface area contributed by atoms with Crippen LogP contribution >= 0.6 is 11.8 Å². The summed E-state index contributed by atoms with van der Waals surface area (Å²) < 4.78 is 13.4. The fourth-order valence-corrected chi connectivity index (χ4v) is 2.25. The molecule has 0 heterocycles. The van der Waals surface area contributed by atoms with Crippen molar-refractivity contribution in [3.05, 3.63) is 58.4 Å². The van der Waals surface area contributed by atoms with Crippen LogP contribution in [0.1, 0.15) is 0 Å². The fourth-order valence-electron chi connectivity index (χ4n) is 1.39. The van der Waals surface area contributed by atoms with Crippen LogP contribution in [0.3, 0.4) is 0 Å². The lowest BCUT2D eigenvalue weighted by molar-refractivity contribution is -0.384. The molecular formula is C12H9FN2O2S. The minimum absolute atomic E-state index is 0.0783. The molecule has 0 aromatic heterocycles. The Balaban J connectivity index is 2.30. The summed E-state index contributed by atoms with van der Waals surface area (Å²) in [6.07, 6.45) is 0. The first-order chi connectivity index (χ1) is 8.58. The van der Waals surface area contributed by atoms with E-state index in [0.29, 0.717) is 9.79 Å². The lowest BCUT2D eigenvalue weighted by Crippen LogP contribution is -1.93. The van der Waals surface area contributed by atoms with Crippen LogP contribution in [0, 0.1) is 15.9 Å². The average Bonchev–Trinajstić information content (AvgIpc) is 2.34. The van der Waals surface area contributed by atoms with Crippen LogP contribution in [0.25, 0.3) is 0 Å². The summed E-state index contributed by atoms with van der Waals surface area (Å²) in [5.74, 6) is -0.347. The van der Waals surface area contributed by atoms with E-state index in [2.05, 4.69) is 0 Å². The zero-order valence-corrected chi connectivity index (χ0v) is 9.99. The van der Waals surface area contributed by atoms with Gasteiger partial charge in [0.15, 0.2) is 0 Å². The van der Waals surface area contributed by atoms with E-state index in [4.69, 9.17) is 5.73 Å². The molecule has 6 heteroatoms. The molecule has 0 bridgehead atoms. The zero-order chi connectivity index (χ0) is 13.1. The van der Waals surface area contributed by atoms with Crippen molar-refractivity contribution in [3.8, 4) is 0 Å². The highest BCUT2D eigenvalue weighted by atomic mass is 32.2. The molecular weight excluding hydrogens is 255 g/mol. The summed E-state index contributed by atoms with van der Waals surface area (Å²) in [7, 11) is 0. The standard InChI is InChI=1S/C12H9FN2O2S/c13-9-3-1-2-4-11(9)18-12-6-5-8(15(16)17)7-10(12)14/h1-7H,14H2. The quantitative estimate of drug-likeness (QED) is 0.523. The minimum atomic E-state index is -0.520. The van der Waals surface area contributed by atoms with Crippen LogP contribution in [0.15, 0.2) is 52.3 Å². The van der Waals surface area contributed by atoms with Gasteiger partial charge in [0, 0.05) is 21.9 Å². The highest BCUT2D eigenvalue weighted by Crippen LogP contribution is 2.35. The van der Waals surface area contributed by atoms with Crippen LogP contribution in [0.5, 0.6) is 0 Å². The van der Waals surface area contributed by atoms with Gasteiger partial charge in [-0.15, -0.1) is 0 Å². The molecule has 4 nitrogen and oxygen atoms in total. The van der Waals surface area contributed by atoms with Gasteiger partial charge >= 0.3 is 0 Å². The Bertz CT molecular complexity index is 604. The van der Waals surface area contributed by atoms with Crippen LogP contribution in [0.2, 0.25) is 0 Å². The van der Waals surface area contributed by atoms with Gasteiger partial charge < -0.3 is 5.73 Å². The molecule has 0 radical (unpaired) electrons. The Morgan fingerprint density at radius 2 is 1.89 bits per heavy atom. The Morgan fingerprint density at radius 3 is 2.50 bits per heavy atom. The molecule has 18 heavy (non-hydrogen) atoms. The molecule has 0 fully saturated rings. The second-order valence-electron chi connectivity index (χ2n) is 3.51. The number of nitrogen functional groups attached to an aromatic ring is 1. The number of nitro benzene ring substituents is 1. The average molecular weight is 264 g/mol. The first-order valence-electron chi connectivity index (χ1n) is 5.04. The third-order valence-electron chi connectivity index (χ3n) is 2.26. The third-order valence-corrected chi connectivity index (χ3v) is 3.40. The van der Waals surface area contributed by atoms with Crippen molar-refractivity contribution in [1.82, 2.24) is 0 Å². The number of nitro groups is 1. The van der Waals surface area contributed by atoms with Crippen molar-refractivity contribution in [1.29, 1.82) is 0 Å². The van der Waals surface area contributed by atoms with E-state index in [-0.39, 0.29) is 17.2 Å². The number of hydrogen-bond acceptors (Lipinski definition) is 4. The molecule has 0 saturated carbocycles. The number of anilines is 1. The van der Waals surface area contributed by atoms with Crippen LogP contribution in [-0.4, -0.2) is 4.92 Å². The predicted molar refractivity (Wildman–Crippen MR) is 68.0 cm³/mol. The number of halogens is 1. The highest BCUT2D eigenvalue weighted by Gasteiger charge is 2.11. The van der Waals surface area contributed by atoms with Crippen LogP contribution in [0.4, 0.5) is 15.8 Å². The van der Waals surface area contributed by atoms with Crippen molar-refractivity contribution in [2.24, 2.45) is 0 Å². The molecule has 0 atom stereocenters. The number of nitrogens with zero attached hydrogens (tertiary/aromatic N) is 1. The Labute approximate surface area is 107 Å². The maximum absolute atomic E-state index is 13.4. The smallest absolute Gasteiger partial charge is 0.271 e. The molecule has 0 spiro atoms. The van der Waals surface area contributed by atoms with Crippen molar-refractivity contribution in [2.75, 3.05) is 5.73 Å². The van der Waals surface area contributed by atoms with Gasteiger partial charge in [0.25, 0.3) is 5.69 Å². The van der Waals surface area contributed by atoms with Gasteiger partial charge in [-0.2, -0.15) is 0 Å². The lowest BCUT2D eigenvalue weighted by Gasteiger charge is -2.05. The monoisotopic (exact) mass is 264 g/mol. The largest absolute Gasteiger partial charge is 0.398 e. The SMILES string of the molecule is Nc1cc([N+](=O)[O-])ccc1Sc1ccccc1F. The van der Waals surface area contributed by atoms with Gasteiger partial charge in [-0.25, -0.2) is 4.39 Å². The van der Waals surface area contributed by atoms with Gasteiger partial charge in [0.2, 0.25) is 0 Å². The fraction of sp³-hybridized carbons (Fsp3) is 0. The summed E-state index contributed by atoms with van der Waals surface area (Å²) in [4.78, 5) is 11.1. The van der Waals surface area contributed by atoms with Crippen molar-refractivity contribution in [2.45, 2.75) is 9.79 Å². The highest BCUT2D eigenvalue weighted by molar-refractivity contribution is 7.99. The summed E-state index contributed by atoms with van der Waals surface area (Å²) in [6.45, 7) is 0. The maximum atomic E-state index is 13.4. The first-order valence-corrected chi connectivity index (χ1v) is 5.86. The van der Waals surface area contributed by atoms with E-state index in [9.17, 15) is 14.5 Å². The van der Waals surface area contributed by atoms with Crippen molar-refractivity contribution >= 4 is 23.1 Å². The Kier molecular flexibility index (Phi) is 3.47. The number of hydrogen-bond donors (Lipinski definition) is 1. The van der Waals surface area contributed by atoms with Crippen LogP contribution < -0.4 is 5.73 Å². The lowest BCUT2D eigenvalue weighted by atomic mass is 10.3. The second kappa shape index (κ2) is 5.05. The van der Waals surface area contributed by atoms with Crippen LogP contribution in [-0.2, 0) is 0 Å². The van der Waals surface area contributed by atoms with E-state index in [0.717, 1.165) is 11.8 Å². The molecule has 2 aromatic rings.